The van der Waals surface area contributed by atoms with E-state index in [1.54, 1.807) is 6.33 Å². The molecule has 2 heterocycles. The number of anilines is 1. The molecule has 7 heteroatoms. The number of fused-ring (bicyclic) bond motifs is 1. The monoisotopic (exact) mass is 384 g/mol. The van der Waals surface area contributed by atoms with E-state index in [9.17, 15) is 0 Å². The molecule has 0 saturated heterocycles. The van der Waals surface area contributed by atoms with Gasteiger partial charge in [0.05, 0.1) is 0 Å². The first-order chi connectivity index (χ1) is 12.3. The molecule has 0 bridgehead atoms. The Kier molecular flexibility index (Phi) is 5.71. The number of aromatic nitrogens is 4. The van der Waals surface area contributed by atoms with Gasteiger partial charge in [0.25, 0.3) is 0 Å². The van der Waals surface area contributed by atoms with Gasteiger partial charge < -0.3 is 17.7 Å². The van der Waals surface area contributed by atoms with Gasteiger partial charge in [-0.1, -0.05) is 48.5 Å². The van der Waals surface area contributed by atoms with Crippen molar-refractivity contribution in [3.8, 4) is 5.69 Å². The van der Waals surface area contributed by atoms with E-state index in [1.165, 1.54) is 5.56 Å². The number of rotatable bonds is 5. The molecule has 26 heavy (non-hydrogen) atoms. The molecule has 0 radical (unpaired) electrons. The summed E-state index contributed by atoms with van der Waals surface area (Å²) in [7, 11) is 0. The Morgan fingerprint density at radius 2 is 1.62 bits per heavy atom. The first kappa shape index (κ1) is 18.2. The molecule has 0 spiro atoms. The normalized spacial score (nSPS) is 10.5. The number of para-hydroxylation sites is 1. The highest BCUT2D eigenvalue weighted by Crippen LogP contribution is 2.23. The molecular weight excluding hydrogens is 369 g/mol. The van der Waals surface area contributed by atoms with E-state index in [0.717, 1.165) is 18.7 Å². The fourth-order valence-electron chi connectivity index (χ4n) is 2.74. The minimum Gasteiger partial charge on any atom is -1.00 e. The summed E-state index contributed by atoms with van der Waals surface area (Å²) in [5.74, 6) is 0.653. The second kappa shape index (κ2) is 8.17. The predicted molar refractivity (Wildman–Crippen MR) is 100 cm³/mol. The molecule has 132 valence electrons. The van der Waals surface area contributed by atoms with Crippen LogP contribution in [-0.4, -0.2) is 26.1 Å². The molecular formula is C19H16Cl2N5-. The zero-order valence-electron chi connectivity index (χ0n) is 13.8. The number of halogens is 2. The third kappa shape index (κ3) is 3.79. The van der Waals surface area contributed by atoms with Crippen LogP contribution in [0.1, 0.15) is 5.56 Å². The Bertz CT molecular complexity index is 987. The number of hydrogen-bond acceptors (Lipinski definition) is 4. The van der Waals surface area contributed by atoms with E-state index in [4.69, 9.17) is 11.6 Å². The van der Waals surface area contributed by atoms with Gasteiger partial charge in [-0.05, 0) is 35.7 Å². The fraction of sp³-hybridized carbons (Fsp3) is 0.105. The van der Waals surface area contributed by atoms with Crippen molar-refractivity contribution >= 4 is 28.6 Å². The number of benzene rings is 2. The van der Waals surface area contributed by atoms with Crippen molar-refractivity contribution in [3.05, 3.63) is 77.8 Å². The lowest BCUT2D eigenvalue weighted by molar-refractivity contribution is -0.00000510. The lowest BCUT2D eigenvalue weighted by Crippen LogP contribution is -3.00. The minimum absolute atomic E-state index is 0. The van der Waals surface area contributed by atoms with Gasteiger partial charge >= 0.3 is 0 Å². The van der Waals surface area contributed by atoms with Crippen LogP contribution in [0.15, 0.2) is 67.0 Å². The molecule has 0 amide bonds. The summed E-state index contributed by atoms with van der Waals surface area (Å²) in [6.07, 6.45) is 2.64. The SMILES string of the molecule is Clc1nc(NCCc2ccccc2)c2ncn(-c3ccccc3)c2n1.[Cl-]. The Labute approximate surface area is 162 Å². The first-order valence-corrected chi connectivity index (χ1v) is 8.43. The zero-order chi connectivity index (χ0) is 17.1. The number of nitrogens with one attached hydrogen (secondary N) is 1. The highest BCUT2D eigenvalue weighted by molar-refractivity contribution is 6.28. The Morgan fingerprint density at radius 3 is 2.35 bits per heavy atom. The van der Waals surface area contributed by atoms with E-state index < -0.39 is 0 Å². The molecule has 4 rings (SSSR count). The quantitative estimate of drug-likeness (QED) is 0.524. The number of nitrogens with zero attached hydrogens (tertiary/aromatic N) is 4. The second-order valence-electron chi connectivity index (χ2n) is 5.63. The van der Waals surface area contributed by atoms with E-state index >= 15 is 0 Å². The van der Waals surface area contributed by atoms with Gasteiger partial charge in [-0.3, -0.25) is 4.57 Å². The van der Waals surface area contributed by atoms with Crippen molar-refractivity contribution in [1.82, 2.24) is 19.5 Å². The highest BCUT2D eigenvalue weighted by Gasteiger charge is 2.13. The molecule has 0 atom stereocenters. The van der Waals surface area contributed by atoms with Crippen LogP contribution >= 0.6 is 11.6 Å². The van der Waals surface area contributed by atoms with Crippen LogP contribution in [0.3, 0.4) is 0 Å². The van der Waals surface area contributed by atoms with E-state index in [0.29, 0.717) is 17.0 Å². The van der Waals surface area contributed by atoms with Crippen molar-refractivity contribution < 1.29 is 12.4 Å². The molecule has 1 N–H and O–H groups in total. The van der Waals surface area contributed by atoms with Gasteiger partial charge in [0.1, 0.15) is 6.33 Å². The fourth-order valence-corrected chi connectivity index (χ4v) is 2.91. The maximum absolute atomic E-state index is 6.13. The predicted octanol–water partition coefficient (Wildman–Crippen LogP) is 1.13. The summed E-state index contributed by atoms with van der Waals surface area (Å²) in [4.78, 5) is 13.1. The van der Waals surface area contributed by atoms with Crippen LogP contribution in [0, 0.1) is 0 Å². The Hall–Kier alpha value is -2.63. The van der Waals surface area contributed by atoms with E-state index in [2.05, 4.69) is 32.4 Å². The van der Waals surface area contributed by atoms with Crippen molar-refractivity contribution in [2.24, 2.45) is 0 Å². The lowest BCUT2D eigenvalue weighted by Gasteiger charge is -2.08. The Morgan fingerprint density at radius 1 is 0.923 bits per heavy atom. The van der Waals surface area contributed by atoms with Crippen molar-refractivity contribution in [3.63, 3.8) is 0 Å². The average Bonchev–Trinajstić information content (AvgIpc) is 3.07. The summed E-state index contributed by atoms with van der Waals surface area (Å²) in [5, 5.41) is 3.53. The van der Waals surface area contributed by atoms with Crippen molar-refractivity contribution in [2.45, 2.75) is 6.42 Å². The maximum atomic E-state index is 6.13. The summed E-state index contributed by atoms with van der Waals surface area (Å²) >= 11 is 6.13. The van der Waals surface area contributed by atoms with Gasteiger partial charge in [-0.15, -0.1) is 0 Å². The van der Waals surface area contributed by atoms with Crippen molar-refractivity contribution in [2.75, 3.05) is 11.9 Å². The molecule has 0 aliphatic heterocycles. The van der Waals surface area contributed by atoms with Gasteiger partial charge in [-0.25, -0.2) is 4.98 Å². The Balaban J connectivity index is 0.00000196. The van der Waals surface area contributed by atoms with Crippen molar-refractivity contribution in [1.29, 1.82) is 0 Å². The van der Waals surface area contributed by atoms with Gasteiger partial charge in [-0.2, -0.15) is 9.97 Å². The molecule has 2 aromatic heterocycles. The molecule has 0 aliphatic rings. The zero-order valence-corrected chi connectivity index (χ0v) is 15.3. The minimum atomic E-state index is 0. The van der Waals surface area contributed by atoms with Gasteiger partial charge in [0.2, 0.25) is 5.28 Å². The summed E-state index contributed by atoms with van der Waals surface area (Å²) < 4.78 is 1.91. The van der Waals surface area contributed by atoms with Gasteiger partial charge in [0.15, 0.2) is 17.0 Å². The van der Waals surface area contributed by atoms with Crippen LogP contribution in [0.5, 0.6) is 0 Å². The first-order valence-electron chi connectivity index (χ1n) is 8.05. The number of hydrogen-bond donors (Lipinski definition) is 1. The molecule has 0 unspecified atom stereocenters. The summed E-state index contributed by atoms with van der Waals surface area (Å²) in [6.45, 7) is 0.741. The third-order valence-electron chi connectivity index (χ3n) is 3.95. The topological polar surface area (TPSA) is 55.6 Å². The molecule has 4 aromatic rings. The standard InChI is InChI=1S/C19H16ClN5.ClH/c20-19-23-17(21-12-11-14-7-3-1-4-8-14)16-18(24-19)25(13-22-16)15-9-5-2-6-10-15;/h1-10,13H,11-12H2,(H,21,23,24);1H/p-1. The third-order valence-corrected chi connectivity index (χ3v) is 4.12. The van der Waals surface area contributed by atoms with Crippen LogP contribution in [0.25, 0.3) is 16.9 Å². The average molecular weight is 385 g/mol. The molecule has 2 aromatic carbocycles. The summed E-state index contributed by atoms with van der Waals surface area (Å²) in [5.41, 5.74) is 3.64. The lowest BCUT2D eigenvalue weighted by atomic mass is 10.1. The largest absolute Gasteiger partial charge is 1.00 e. The smallest absolute Gasteiger partial charge is 0.226 e. The van der Waals surface area contributed by atoms with Crippen LogP contribution in [-0.2, 0) is 6.42 Å². The molecule has 5 nitrogen and oxygen atoms in total. The van der Waals surface area contributed by atoms with Crippen LogP contribution < -0.4 is 17.7 Å². The molecule has 0 saturated carbocycles. The maximum Gasteiger partial charge on any atom is 0.226 e. The van der Waals surface area contributed by atoms with Crippen LogP contribution in [0.4, 0.5) is 5.82 Å². The highest BCUT2D eigenvalue weighted by atomic mass is 35.5. The van der Waals surface area contributed by atoms with E-state index in [-0.39, 0.29) is 17.7 Å². The molecule has 0 fully saturated rings. The van der Waals surface area contributed by atoms with Gasteiger partial charge in [0, 0.05) is 12.2 Å². The van der Waals surface area contributed by atoms with E-state index in [1.807, 2.05) is 53.1 Å². The second-order valence-corrected chi connectivity index (χ2v) is 5.96. The molecule has 0 aliphatic carbocycles. The number of imidazole rings is 1. The summed E-state index contributed by atoms with van der Waals surface area (Å²) in [6, 6.07) is 20.2. The van der Waals surface area contributed by atoms with Crippen LogP contribution in [0.2, 0.25) is 5.28 Å².